The molecule has 26 heavy (non-hydrogen) atoms. The van der Waals surface area contributed by atoms with E-state index in [1.54, 1.807) is 12.4 Å². The Morgan fingerprint density at radius 3 is 2.38 bits per heavy atom. The number of amides is 2. The lowest BCUT2D eigenvalue weighted by Crippen LogP contribution is -2.30. The predicted octanol–water partition coefficient (Wildman–Crippen LogP) is 4.37. The third kappa shape index (κ3) is 5.08. The molecular weight excluding hydrogens is 324 g/mol. The van der Waals surface area contributed by atoms with Crippen molar-refractivity contribution in [1.29, 1.82) is 0 Å². The molecule has 2 amide bonds. The fourth-order valence-electron chi connectivity index (χ4n) is 2.62. The highest BCUT2D eigenvalue weighted by atomic mass is 16.2. The number of pyridine rings is 1. The Morgan fingerprint density at radius 2 is 1.58 bits per heavy atom. The molecule has 0 aliphatic heterocycles. The highest BCUT2D eigenvalue weighted by molar-refractivity contribution is 5.94. The molecule has 1 heterocycles. The average molecular weight is 346 g/mol. The van der Waals surface area contributed by atoms with E-state index >= 15 is 0 Å². The second-order valence-electron chi connectivity index (χ2n) is 5.81. The van der Waals surface area contributed by atoms with Crippen molar-refractivity contribution < 1.29 is 4.79 Å². The van der Waals surface area contributed by atoms with Gasteiger partial charge in [-0.2, -0.15) is 0 Å². The van der Waals surface area contributed by atoms with Gasteiger partial charge in [0.05, 0.1) is 5.69 Å². The van der Waals surface area contributed by atoms with Crippen LogP contribution in [-0.4, -0.2) is 24.1 Å². The minimum atomic E-state index is -0.197. The average Bonchev–Trinajstić information content (AvgIpc) is 2.70. The van der Waals surface area contributed by atoms with Gasteiger partial charge in [-0.05, 0) is 30.2 Å². The van der Waals surface area contributed by atoms with E-state index in [9.17, 15) is 4.79 Å². The molecule has 0 atom stereocenters. The molecule has 3 rings (SSSR count). The number of nitrogens with zero attached hydrogens (tertiary/aromatic N) is 1. The van der Waals surface area contributed by atoms with Crippen LogP contribution >= 0.6 is 0 Å². The van der Waals surface area contributed by atoms with Crippen LogP contribution in [0.2, 0.25) is 0 Å². The van der Waals surface area contributed by atoms with Gasteiger partial charge in [0.2, 0.25) is 0 Å². The lowest BCUT2D eigenvalue weighted by atomic mass is 10.0. The van der Waals surface area contributed by atoms with Crippen molar-refractivity contribution in [3.8, 4) is 11.1 Å². The Kier molecular flexibility index (Phi) is 6.20. The normalized spacial score (nSPS) is 10.2. The lowest BCUT2D eigenvalue weighted by Gasteiger charge is -2.12. The zero-order valence-electron chi connectivity index (χ0n) is 14.5. The van der Waals surface area contributed by atoms with E-state index < -0.39 is 0 Å². The Balaban J connectivity index is 1.47. The van der Waals surface area contributed by atoms with E-state index in [1.165, 1.54) is 0 Å². The van der Waals surface area contributed by atoms with Gasteiger partial charge in [-0.15, -0.1) is 0 Å². The summed E-state index contributed by atoms with van der Waals surface area (Å²) in [7, 11) is 0. The van der Waals surface area contributed by atoms with Gasteiger partial charge < -0.3 is 16.0 Å². The van der Waals surface area contributed by atoms with Crippen LogP contribution in [0, 0.1) is 0 Å². The Bertz CT molecular complexity index is 822. The fourth-order valence-corrected chi connectivity index (χ4v) is 2.62. The summed E-state index contributed by atoms with van der Waals surface area (Å²) in [5, 5.41) is 9.12. The molecule has 3 N–H and O–H groups in total. The number of hydrogen-bond donors (Lipinski definition) is 3. The Morgan fingerprint density at radius 1 is 0.846 bits per heavy atom. The molecule has 3 aromatic rings. The van der Waals surface area contributed by atoms with E-state index in [0.717, 1.165) is 35.5 Å². The van der Waals surface area contributed by atoms with Gasteiger partial charge in [0, 0.05) is 36.7 Å². The molecule has 0 bridgehead atoms. The van der Waals surface area contributed by atoms with Gasteiger partial charge in [-0.1, -0.05) is 48.5 Å². The first-order valence-electron chi connectivity index (χ1n) is 8.66. The lowest BCUT2D eigenvalue weighted by molar-refractivity contribution is 0.252. The molecule has 5 nitrogen and oxygen atoms in total. The Labute approximate surface area is 153 Å². The standard InChI is InChI=1S/C21H22N4O/c26-21(24-14-6-13-23-18-11-15-22-16-12-18)25-20-10-5-4-9-19(20)17-7-2-1-3-8-17/h1-5,7-12,15-16H,6,13-14H2,(H,22,23)(H2,24,25,26). The van der Waals surface area contributed by atoms with Crippen molar-refractivity contribution in [3.05, 3.63) is 79.1 Å². The number of rotatable bonds is 7. The molecular formula is C21H22N4O. The van der Waals surface area contributed by atoms with Crippen LogP contribution in [0.4, 0.5) is 16.2 Å². The molecule has 0 spiro atoms. The predicted molar refractivity (Wildman–Crippen MR) is 106 cm³/mol. The molecule has 0 unspecified atom stereocenters. The highest BCUT2D eigenvalue weighted by Gasteiger charge is 2.07. The van der Waals surface area contributed by atoms with E-state index in [2.05, 4.69) is 20.9 Å². The number of urea groups is 1. The molecule has 0 saturated heterocycles. The largest absolute Gasteiger partial charge is 0.385 e. The maximum absolute atomic E-state index is 12.2. The van der Waals surface area contributed by atoms with Crippen molar-refractivity contribution in [3.63, 3.8) is 0 Å². The van der Waals surface area contributed by atoms with Crippen LogP contribution in [0.5, 0.6) is 0 Å². The van der Waals surface area contributed by atoms with E-state index in [4.69, 9.17) is 0 Å². The first-order chi connectivity index (χ1) is 12.8. The van der Waals surface area contributed by atoms with Crippen LogP contribution in [0.15, 0.2) is 79.1 Å². The van der Waals surface area contributed by atoms with Gasteiger partial charge in [0.15, 0.2) is 0 Å². The number of para-hydroxylation sites is 1. The summed E-state index contributed by atoms with van der Waals surface area (Å²) < 4.78 is 0. The van der Waals surface area contributed by atoms with Crippen molar-refractivity contribution in [2.75, 3.05) is 23.7 Å². The summed E-state index contributed by atoms with van der Waals surface area (Å²) in [5.74, 6) is 0. The van der Waals surface area contributed by atoms with Gasteiger partial charge >= 0.3 is 6.03 Å². The van der Waals surface area contributed by atoms with Gasteiger partial charge in [-0.25, -0.2) is 4.79 Å². The van der Waals surface area contributed by atoms with E-state index in [1.807, 2.05) is 66.7 Å². The number of hydrogen-bond acceptors (Lipinski definition) is 3. The maximum Gasteiger partial charge on any atom is 0.319 e. The van der Waals surface area contributed by atoms with Crippen molar-refractivity contribution in [1.82, 2.24) is 10.3 Å². The van der Waals surface area contributed by atoms with Crippen molar-refractivity contribution in [2.24, 2.45) is 0 Å². The molecule has 5 heteroatoms. The summed E-state index contributed by atoms with van der Waals surface area (Å²) in [6.07, 6.45) is 4.33. The van der Waals surface area contributed by atoms with Gasteiger partial charge in [-0.3, -0.25) is 4.98 Å². The van der Waals surface area contributed by atoms with Crippen LogP contribution in [0.25, 0.3) is 11.1 Å². The molecule has 132 valence electrons. The first kappa shape index (κ1) is 17.5. The summed E-state index contributed by atoms with van der Waals surface area (Å²) in [6, 6.07) is 21.5. The summed E-state index contributed by atoms with van der Waals surface area (Å²) in [5.41, 5.74) is 3.90. The highest BCUT2D eigenvalue weighted by Crippen LogP contribution is 2.27. The van der Waals surface area contributed by atoms with Crippen LogP contribution < -0.4 is 16.0 Å². The molecule has 0 fully saturated rings. The van der Waals surface area contributed by atoms with E-state index in [-0.39, 0.29) is 6.03 Å². The monoisotopic (exact) mass is 346 g/mol. The number of nitrogens with one attached hydrogen (secondary N) is 3. The van der Waals surface area contributed by atoms with Crippen molar-refractivity contribution in [2.45, 2.75) is 6.42 Å². The summed E-state index contributed by atoms with van der Waals surface area (Å²) in [6.45, 7) is 1.38. The molecule has 0 aliphatic rings. The minimum absolute atomic E-state index is 0.197. The number of carbonyl (C=O) groups excluding carboxylic acids is 1. The van der Waals surface area contributed by atoms with Gasteiger partial charge in [0.1, 0.15) is 0 Å². The minimum Gasteiger partial charge on any atom is -0.385 e. The van der Waals surface area contributed by atoms with Crippen LogP contribution in [0.3, 0.4) is 0 Å². The molecule has 0 aliphatic carbocycles. The molecule has 0 saturated carbocycles. The quantitative estimate of drug-likeness (QED) is 0.557. The topological polar surface area (TPSA) is 66.0 Å². The van der Waals surface area contributed by atoms with Crippen LogP contribution in [-0.2, 0) is 0 Å². The fraction of sp³-hybridized carbons (Fsp3) is 0.143. The third-order valence-electron chi connectivity index (χ3n) is 3.91. The number of aromatic nitrogens is 1. The van der Waals surface area contributed by atoms with Crippen molar-refractivity contribution >= 4 is 17.4 Å². The van der Waals surface area contributed by atoms with Gasteiger partial charge in [0.25, 0.3) is 0 Å². The number of carbonyl (C=O) groups is 1. The smallest absolute Gasteiger partial charge is 0.319 e. The molecule has 1 aromatic heterocycles. The number of benzene rings is 2. The summed E-state index contributed by atoms with van der Waals surface area (Å²) in [4.78, 5) is 16.2. The zero-order chi connectivity index (χ0) is 18.0. The van der Waals surface area contributed by atoms with E-state index in [0.29, 0.717) is 6.54 Å². The second kappa shape index (κ2) is 9.22. The Hall–Kier alpha value is -3.34. The summed E-state index contributed by atoms with van der Waals surface area (Å²) >= 11 is 0. The zero-order valence-corrected chi connectivity index (χ0v) is 14.5. The molecule has 0 radical (unpaired) electrons. The SMILES string of the molecule is O=C(NCCCNc1ccncc1)Nc1ccccc1-c1ccccc1. The maximum atomic E-state index is 12.2. The second-order valence-corrected chi connectivity index (χ2v) is 5.81. The van der Waals surface area contributed by atoms with Crippen LogP contribution in [0.1, 0.15) is 6.42 Å². The number of anilines is 2. The third-order valence-corrected chi connectivity index (χ3v) is 3.91. The first-order valence-corrected chi connectivity index (χ1v) is 8.66. The molecule has 2 aromatic carbocycles.